The number of pyridine rings is 1. The molecule has 7 heteroatoms. The Labute approximate surface area is 134 Å². The fourth-order valence-electron chi connectivity index (χ4n) is 1.74. The van der Waals surface area contributed by atoms with Gasteiger partial charge in [0.1, 0.15) is 11.1 Å². The maximum Gasteiger partial charge on any atom is 0.321 e. The molecule has 0 atom stereocenters. The second-order valence-corrected chi connectivity index (χ2v) is 6.17. The SMILES string of the molecule is Cc1nc(SCC(=O)NC(=O)NC(C)C)c(C#N)c(C)c1C. The molecule has 0 fully saturated rings. The van der Waals surface area contributed by atoms with Gasteiger partial charge in [0.15, 0.2) is 0 Å². The van der Waals surface area contributed by atoms with Crippen molar-refractivity contribution in [2.45, 2.75) is 45.7 Å². The third-order valence-corrected chi connectivity index (χ3v) is 4.06. The van der Waals surface area contributed by atoms with Gasteiger partial charge in [0.05, 0.1) is 11.3 Å². The summed E-state index contributed by atoms with van der Waals surface area (Å²) in [4.78, 5) is 27.5. The maximum absolute atomic E-state index is 11.7. The Morgan fingerprint density at radius 3 is 2.45 bits per heavy atom. The average Bonchev–Trinajstić information content (AvgIpc) is 2.41. The van der Waals surface area contributed by atoms with Gasteiger partial charge in [-0.3, -0.25) is 10.1 Å². The van der Waals surface area contributed by atoms with Gasteiger partial charge in [0, 0.05) is 11.7 Å². The molecular weight excluding hydrogens is 300 g/mol. The van der Waals surface area contributed by atoms with Crippen LogP contribution in [0.15, 0.2) is 5.03 Å². The molecule has 0 unspecified atom stereocenters. The smallest absolute Gasteiger partial charge is 0.321 e. The number of aromatic nitrogens is 1. The van der Waals surface area contributed by atoms with Crippen LogP contribution in [0.25, 0.3) is 0 Å². The Hall–Kier alpha value is -2.07. The molecule has 0 radical (unpaired) electrons. The summed E-state index contributed by atoms with van der Waals surface area (Å²) in [5.74, 6) is -0.403. The quantitative estimate of drug-likeness (QED) is 0.829. The van der Waals surface area contributed by atoms with Crippen LogP contribution >= 0.6 is 11.8 Å². The van der Waals surface area contributed by atoms with Crippen LogP contribution < -0.4 is 10.6 Å². The van der Waals surface area contributed by atoms with Gasteiger partial charge < -0.3 is 5.32 Å². The highest BCUT2D eigenvalue weighted by atomic mass is 32.2. The number of imide groups is 1. The number of aryl methyl sites for hydroxylation is 1. The van der Waals surface area contributed by atoms with Crippen molar-refractivity contribution < 1.29 is 9.59 Å². The molecule has 3 amide bonds. The summed E-state index contributed by atoms with van der Waals surface area (Å²) in [5, 5.41) is 14.6. The monoisotopic (exact) mass is 320 g/mol. The molecule has 2 N–H and O–H groups in total. The zero-order chi connectivity index (χ0) is 16.9. The lowest BCUT2D eigenvalue weighted by Gasteiger charge is -2.11. The Morgan fingerprint density at radius 2 is 1.91 bits per heavy atom. The van der Waals surface area contributed by atoms with E-state index in [1.807, 2.05) is 20.8 Å². The molecule has 1 aromatic heterocycles. The molecule has 0 spiro atoms. The van der Waals surface area contributed by atoms with Crippen molar-refractivity contribution in [1.82, 2.24) is 15.6 Å². The number of hydrogen-bond donors (Lipinski definition) is 2. The predicted octanol–water partition coefficient (Wildman–Crippen LogP) is 2.20. The second kappa shape index (κ2) is 7.80. The van der Waals surface area contributed by atoms with Crippen LogP contribution in [0.4, 0.5) is 4.79 Å². The molecule has 0 aromatic carbocycles. The topological polar surface area (TPSA) is 94.9 Å². The molecule has 118 valence electrons. The molecule has 0 aliphatic heterocycles. The number of rotatable bonds is 4. The number of carbonyl (C=O) groups is 2. The van der Waals surface area contributed by atoms with Crippen LogP contribution in [-0.4, -0.2) is 28.7 Å². The van der Waals surface area contributed by atoms with Crippen LogP contribution in [0, 0.1) is 32.1 Å². The van der Waals surface area contributed by atoms with Crippen molar-refractivity contribution >= 4 is 23.7 Å². The number of carbonyl (C=O) groups excluding carboxylic acids is 2. The lowest BCUT2D eigenvalue weighted by atomic mass is 10.1. The number of amides is 3. The van der Waals surface area contributed by atoms with Crippen molar-refractivity contribution in [3.8, 4) is 6.07 Å². The van der Waals surface area contributed by atoms with Crippen LogP contribution in [0.5, 0.6) is 0 Å². The molecule has 1 heterocycles. The molecule has 1 rings (SSSR count). The fraction of sp³-hybridized carbons (Fsp3) is 0.467. The van der Waals surface area contributed by atoms with Crippen molar-refractivity contribution in [2.24, 2.45) is 0 Å². The summed E-state index contributed by atoms with van der Waals surface area (Å²) < 4.78 is 0. The van der Waals surface area contributed by atoms with E-state index in [1.54, 1.807) is 13.8 Å². The van der Waals surface area contributed by atoms with Gasteiger partial charge in [-0.25, -0.2) is 9.78 Å². The van der Waals surface area contributed by atoms with Crippen LogP contribution in [0.2, 0.25) is 0 Å². The summed E-state index contributed by atoms with van der Waals surface area (Å²) in [6.45, 7) is 9.25. The highest BCUT2D eigenvalue weighted by molar-refractivity contribution is 8.00. The molecule has 22 heavy (non-hydrogen) atoms. The second-order valence-electron chi connectivity index (χ2n) is 5.20. The van der Waals surface area contributed by atoms with Gasteiger partial charge in [0.2, 0.25) is 5.91 Å². The molecule has 0 aliphatic carbocycles. The zero-order valence-electron chi connectivity index (χ0n) is 13.4. The number of thioether (sulfide) groups is 1. The van der Waals surface area contributed by atoms with Gasteiger partial charge in [-0.05, 0) is 45.7 Å². The molecule has 0 aliphatic rings. The summed E-state index contributed by atoms with van der Waals surface area (Å²) in [6, 6.07) is 1.56. The number of nitrogens with zero attached hydrogens (tertiary/aromatic N) is 2. The van der Waals surface area contributed by atoms with Gasteiger partial charge >= 0.3 is 6.03 Å². The summed E-state index contributed by atoms with van der Waals surface area (Å²) in [5.41, 5.74) is 3.15. The van der Waals surface area contributed by atoms with Gasteiger partial charge in [0.25, 0.3) is 0 Å². The highest BCUT2D eigenvalue weighted by Crippen LogP contribution is 2.26. The van der Waals surface area contributed by atoms with Gasteiger partial charge in [-0.1, -0.05) is 11.8 Å². The Balaban J connectivity index is 2.75. The van der Waals surface area contributed by atoms with Crippen LogP contribution in [0.3, 0.4) is 0 Å². The largest absolute Gasteiger partial charge is 0.336 e. The number of nitrogens with one attached hydrogen (secondary N) is 2. The van der Waals surface area contributed by atoms with E-state index in [4.69, 9.17) is 0 Å². The van der Waals surface area contributed by atoms with Crippen molar-refractivity contribution in [2.75, 3.05) is 5.75 Å². The van der Waals surface area contributed by atoms with E-state index >= 15 is 0 Å². The van der Waals surface area contributed by atoms with Crippen molar-refractivity contribution in [3.63, 3.8) is 0 Å². The normalized spacial score (nSPS) is 10.2. The minimum atomic E-state index is -0.523. The van der Waals surface area contributed by atoms with Gasteiger partial charge in [-0.15, -0.1) is 0 Å². The van der Waals surface area contributed by atoms with E-state index in [9.17, 15) is 14.9 Å². The Bertz CT molecular complexity index is 635. The first-order valence-corrected chi connectivity index (χ1v) is 7.85. The summed E-state index contributed by atoms with van der Waals surface area (Å²) in [6.07, 6.45) is 0. The first kappa shape index (κ1) is 18.0. The first-order chi connectivity index (χ1) is 10.3. The third-order valence-electron chi connectivity index (χ3n) is 3.09. The molecule has 1 aromatic rings. The number of nitriles is 1. The lowest BCUT2D eigenvalue weighted by molar-refractivity contribution is -0.117. The Morgan fingerprint density at radius 1 is 1.27 bits per heavy atom. The molecule has 6 nitrogen and oxygen atoms in total. The van der Waals surface area contributed by atoms with E-state index in [0.717, 1.165) is 28.6 Å². The minimum absolute atomic E-state index is 0.0230. The Kier molecular flexibility index (Phi) is 6.38. The summed E-state index contributed by atoms with van der Waals surface area (Å²) >= 11 is 1.15. The van der Waals surface area contributed by atoms with E-state index in [2.05, 4.69) is 21.7 Å². The zero-order valence-corrected chi connectivity index (χ0v) is 14.2. The van der Waals surface area contributed by atoms with Gasteiger partial charge in [-0.2, -0.15) is 5.26 Å². The van der Waals surface area contributed by atoms with E-state index < -0.39 is 11.9 Å². The average molecular weight is 320 g/mol. The standard InChI is InChI=1S/C15H20N4O2S/c1-8(2)17-15(21)19-13(20)7-22-14-12(6-16)10(4)9(3)11(5)18-14/h8H,7H2,1-5H3,(H2,17,19,20,21). The van der Waals surface area contributed by atoms with E-state index in [1.165, 1.54) is 0 Å². The van der Waals surface area contributed by atoms with Crippen LogP contribution in [-0.2, 0) is 4.79 Å². The number of hydrogen-bond acceptors (Lipinski definition) is 5. The molecule has 0 saturated heterocycles. The van der Waals surface area contributed by atoms with Crippen molar-refractivity contribution in [1.29, 1.82) is 5.26 Å². The molecule has 0 saturated carbocycles. The molecule has 0 bridgehead atoms. The van der Waals surface area contributed by atoms with E-state index in [-0.39, 0.29) is 11.8 Å². The summed E-state index contributed by atoms with van der Waals surface area (Å²) in [7, 11) is 0. The molecular formula is C15H20N4O2S. The minimum Gasteiger partial charge on any atom is -0.336 e. The maximum atomic E-state index is 11.7. The van der Waals surface area contributed by atoms with Crippen molar-refractivity contribution in [3.05, 3.63) is 22.4 Å². The third kappa shape index (κ3) is 4.74. The number of urea groups is 1. The highest BCUT2D eigenvalue weighted by Gasteiger charge is 2.15. The van der Waals surface area contributed by atoms with Crippen LogP contribution in [0.1, 0.15) is 36.2 Å². The predicted molar refractivity (Wildman–Crippen MR) is 85.7 cm³/mol. The lowest BCUT2D eigenvalue weighted by Crippen LogP contribution is -2.43. The fourth-order valence-corrected chi connectivity index (χ4v) is 2.63. The first-order valence-electron chi connectivity index (χ1n) is 6.87. The van der Waals surface area contributed by atoms with E-state index in [0.29, 0.717) is 10.6 Å².